The Morgan fingerprint density at radius 1 is 1.63 bits per heavy atom. The molecule has 1 aliphatic rings. The molecule has 2 heterocycles. The molecule has 8 heteroatoms. The van der Waals surface area contributed by atoms with Gasteiger partial charge in [0.25, 0.3) is 0 Å². The van der Waals surface area contributed by atoms with Crippen molar-refractivity contribution in [1.29, 1.82) is 0 Å². The van der Waals surface area contributed by atoms with Crippen LogP contribution in [0.5, 0.6) is 0 Å². The minimum Gasteiger partial charge on any atom is -0.378 e. The van der Waals surface area contributed by atoms with Gasteiger partial charge in [0, 0.05) is 12.0 Å². The molecule has 2 rings (SSSR count). The van der Waals surface area contributed by atoms with Crippen molar-refractivity contribution in [3.05, 3.63) is 11.4 Å². The van der Waals surface area contributed by atoms with Gasteiger partial charge in [0.05, 0.1) is 6.10 Å². The number of hydrogen-bond donors (Lipinski definition) is 1. The minimum absolute atomic E-state index is 0.150. The summed E-state index contributed by atoms with van der Waals surface area (Å²) in [4.78, 5) is 11.7. The third-order valence-electron chi connectivity index (χ3n) is 2.92. The second kappa shape index (κ2) is 5.87. The van der Waals surface area contributed by atoms with E-state index < -0.39 is 24.1 Å². The van der Waals surface area contributed by atoms with E-state index in [1.807, 2.05) is 0 Å². The molecule has 1 aromatic heterocycles. The van der Waals surface area contributed by atoms with Gasteiger partial charge in [-0.3, -0.25) is 4.79 Å². The summed E-state index contributed by atoms with van der Waals surface area (Å²) >= 11 is 1.06. The van der Waals surface area contributed by atoms with Crippen LogP contribution in [-0.4, -0.2) is 29.2 Å². The highest BCUT2D eigenvalue weighted by molar-refractivity contribution is 7.03. The van der Waals surface area contributed by atoms with Crippen LogP contribution in [0.15, 0.2) is 11.4 Å². The first-order valence-electron chi connectivity index (χ1n) is 5.86. The number of hydrogen-bond acceptors (Lipinski definition) is 4. The molecule has 19 heavy (non-hydrogen) atoms. The number of ether oxygens (including phenoxy) is 1. The molecule has 1 amide bonds. The summed E-state index contributed by atoms with van der Waals surface area (Å²) in [6.45, 7) is 0.461. The average Bonchev–Trinajstić information content (AvgIpc) is 2.96. The molecule has 2 unspecified atom stereocenters. The van der Waals surface area contributed by atoms with Crippen LogP contribution in [0.2, 0.25) is 0 Å². The Morgan fingerprint density at radius 3 is 2.95 bits per heavy atom. The number of carbonyl (C=O) groups excluding carboxylic acids is 1. The third kappa shape index (κ3) is 3.90. The highest BCUT2D eigenvalue weighted by Gasteiger charge is 2.46. The molecule has 0 aromatic carbocycles. The van der Waals surface area contributed by atoms with Gasteiger partial charge in [0.2, 0.25) is 5.91 Å². The summed E-state index contributed by atoms with van der Waals surface area (Å²) in [5, 5.41) is 3.77. The number of aromatic nitrogens is 1. The van der Waals surface area contributed by atoms with Gasteiger partial charge in [-0.15, -0.1) is 0 Å². The van der Waals surface area contributed by atoms with Crippen molar-refractivity contribution >= 4 is 23.3 Å². The number of nitrogens with one attached hydrogen (secondary N) is 1. The predicted molar refractivity (Wildman–Crippen MR) is 63.9 cm³/mol. The quantitative estimate of drug-likeness (QED) is 0.929. The highest BCUT2D eigenvalue weighted by atomic mass is 32.1. The average molecular weight is 294 g/mol. The molecule has 0 saturated carbocycles. The first kappa shape index (κ1) is 14.3. The van der Waals surface area contributed by atoms with E-state index >= 15 is 0 Å². The van der Waals surface area contributed by atoms with Crippen molar-refractivity contribution in [1.82, 2.24) is 4.37 Å². The molecular formula is C11H13F3N2O2S. The number of anilines is 1. The normalized spacial score (nSPS) is 21.3. The maximum atomic E-state index is 12.9. The van der Waals surface area contributed by atoms with Crippen LogP contribution in [0.4, 0.5) is 19.0 Å². The lowest BCUT2D eigenvalue weighted by Crippen LogP contribution is -2.37. The van der Waals surface area contributed by atoms with Gasteiger partial charge >= 0.3 is 6.18 Å². The molecule has 4 nitrogen and oxygen atoms in total. The highest BCUT2D eigenvalue weighted by Crippen LogP contribution is 2.33. The standard InChI is InChI=1S/C11H13F3N2O2S/c12-11(13,14)8(6-7-2-1-4-18-7)10(17)15-9-3-5-19-16-9/h3,5,7-8H,1-2,4,6H2,(H,15,16,17). The number of rotatable bonds is 4. The number of amides is 1. The van der Waals surface area contributed by atoms with Crippen LogP contribution in [0.1, 0.15) is 19.3 Å². The van der Waals surface area contributed by atoms with Gasteiger partial charge in [0.15, 0.2) is 0 Å². The molecular weight excluding hydrogens is 281 g/mol. The molecule has 0 bridgehead atoms. The molecule has 1 aromatic rings. The molecule has 2 atom stereocenters. The van der Waals surface area contributed by atoms with Crippen molar-refractivity contribution in [2.75, 3.05) is 11.9 Å². The van der Waals surface area contributed by atoms with E-state index in [1.165, 1.54) is 6.07 Å². The zero-order chi connectivity index (χ0) is 13.9. The zero-order valence-corrected chi connectivity index (χ0v) is 10.8. The first-order chi connectivity index (χ1) is 8.97. The molecule has 1 saturated heterocycles. The summed E-state index contributed by atoms with van der Waals surface area (Å²) < 4.78 is 47.7. The van der Waals surface area contributed by atoms with E-state index in [0.29, 0.717) is 13.0 Å². The van der Waals surface area contributed by atoms with Gasteiger partial charge in [-0.1, -0.05) is 0 Å². The summed E-state index contributed by atoms with van der Waals surface area (Å²) in [5.41, 5.74) is 0. The van der Waals surface area contributed by atoms with Gasteiger partial charge in [-0.05, 0) is 36.9 Å². The van der Waals surface area contributed by atoms with Crippen LogP contribution >= 0.6 is 11.5 Å². The van der Waals surface area contributed by atoms with E-state index in [2.05, 4.69) is 9.69 Å². The van der Waals surface area contributed by atoms with E-state index in [4.69, 9.17) is 4.74 Å². The summed E-state index contributed by atoms with van der Waals surface area (Å²) in [6, 6.07) is 1.46. The van der Waals surface area contributed by atoms with E-state index in [-0.39, 0.29) is 12.2 Å². The van der Waals surface area contributed by atoms with Crippen LogP contribution in [0.3, 0.4) is 0 Å². The van der Waals surface area contributed by atoms with Crippen molar-refractivity contribution in [3.8, 4) is 0 Å². The Labute approximate surface area is 112 Å². The van der Waals surface area contributed by atoms with Crippen LogP contribution < -0.4 is 5.32 Å². The molecule has 1 fully saturated rings. The lowest BCUT2D eigenvalue weighted by atomic mass is 9.98. The topological polar surface area (TPSA) is 51.2 Å². The maximum Gasteiger partial charge on any atom is 0.400 e. The van der Waals surface area contributed by atoms with Crippen molar-refractivity contribution in [3.63, 3.8) is 0 Å². The van der Waals surface area contributed by atoms with Crippen molar-refractivity contribution < 1.29 is 22.7 Å². The monoisotopic (exact) mass is 294 g/mol. The maximum absolute atomic E-state index is 12.9. The molecule has 0 aliphatic carbocycles. The van der Waals surface area contributed by atoms with Crippen molar-refractivity contribution in [2.24, 2.45) is 5.92 Å². The first-order valence-corrected chi connectivity index (χ1v) is 6.70. The lowest BCUT2D eigenvalue weighted by Gasteiger charge is -2.21. The molecule has 1 aliphatic heterocycles. The van der Waals surface area contributed by atoms with E-state index in [0.717, 1.165) is 18.0 Å². The predicted octanol–water partition coefficient (Wildman–Crippen LogP) is 2.83. The van der Waals surface area contributed by atoms with Gasteiger partial charge < -0.3 is 10.1 Å². The fraction of sp³-hybridized carbons (Fsp3) is 0.636. The van der Waals surface area contributed by atoms with Gasteiger partial charge in [-0.25, -0.2) is 0 Å². The Balaban J connectivity index is 2.01. The molecule has 0 radical (unpaired) electrons. The minimum atomic E-state index is -4.58. The van der Waals surface area contributed by atoms with E-state index in [9.17, 15) is 18.0 Å². The zero-order valence-electron chi connectivity index (χ0n) is 9.94. The lowest BCUT2D eigenvalue weighted by molar-refractivity contribution is -0.185. The summed E-state index contributed by atoms with van der Waals surface area (Å²) in [6.07, 6.45) is -4.10. The second-order valence-corrected chi connectivity index (χ2v) is 5.00. The Kier molecular flexibility index (Phi) is 4.41. The molecule has 106 valence electrons. The summed E-state index contributed by atoms with van der Waals surface area (Å²) in [5.74, 6) is -2.98. The summed E-state index contributed by atoms with van der Waals surface area (Å²) in [7, 11) is 0. The number of halogens is 3. The van der Waals surface area contributed by atoms with Crippen molar-refractivity contribution in [2.45, 2.75) is 31.5 Å². The van der Waals surface area contributed by atoms with Gasteiger partial charge in [0.1, 0.15) is 11.7 Å². The Morgan fingerprint density at radius 2 is 2.42 bits per heavy atom. The third-order valence-corrected chi connectivity index (χ3v) is 3.48. The fourth-order valence-corrected chi connectivity index (χ4v) is 2.44. The smallest absolute Gasteiger partial charge is 0.378 e. The van der Waals surface area contributed by atoms with Gasteiger partial charge in [-0.2, -0.15) is 17.5 Å². The Bertz CT molecular complexity index is 416. The van der Waals surface area contributed by atoms with Crippen LogP contribution in [0, 0.1) is 5.92 Å². The molecule has 0 spiro atoms. The largest absolute Gasteiger partial charge is 0.400 e. The van der Waals surface area contributed by atoms with Crippen LogP contribution in [-0.2, 0) is 9.53 Å². The second-order valence-electron chi connectivity index (χ2n) is 4.34. The number of alkyl halides is 3. The molecule has 1 N–H and O–H groups in total. The Hall–Kier alpha value is -1.15. The fourth-order valence-electron chi connectivity index (χ4n) is 1.97. The number of carbonyl (C=O) groups is 1. The SMILES string of the molecule is O=C(Nc1ccsn1)C(CC1CCCO1)C(F)(F)F. The number of nitrogens with zero attached hydrogens (tertiary/aromatic N) is 1. The van der Waals surface area contributed by atoms with Crippen LogP contribution in [0.25, 0.3) is 0 Å². The van der Waals surface area contributed by atoms with E-state index in [1.54, 1.807) is 5.38 Å².